The van der Waals surface area contributed by atoms with Crippen LogP contribution in [0.5, 0.6) is 0 Å². The Bertz CT molecular complexity index is 1200. The first-order valence-corrected chi connectivity index (χ1v) is 9.16. The summed E-state index contributed by atoms with van der Waals surface area (Å²) in [6.45, 7) is 0. The van der Waals surface area contributed by atoms with Crippen molar-refractivity contribution in [3.8, 4) is 5.69 Å². The summed E-state index contributed by atoms with van der Waals surface area (Å²) in [5, 5.41) is 18.7. The molecular formula is C21H16FN7O2. The topological polar surface area (TPSA) is 114 Å². The van der Waals surface area contributed by atoms with E-state index in [-0.39, 0.29) is 5.69 Å². The average molecular weight is 417 g/mol. The van der Waals surface area contributed by atoms with Gasteiger partial charge >= 0.3 is 6.03 Å². The van der Waals surface area contributed by atoms with E-state index in [0.717, 1.165) is 0 Å². The number of carbonyl (C=O) groups excluding carboxylic acids is 2. The molecule has 0 atom stereocenters. The predicted molar refractivity (Wildman–Crippen MR) is 113 cm³/mol. The van der Waals surface area contributed by atoms with E-state index in [2.05, 4.69) is 31.5 Å². The number of halogens is 1. The van der Waals surface area contributed by atoms with E-state index in [1.807, 2.05) is 18.2 Å². The number of rotatable bonds is 5. The van der Waals surface area contributed by atoms with Crippen LogP contribution in [0.1, 0.15) is 10.4 Å². The van der Waals surface area contributed by atoms with Gasteiger partial charge in [-0.3, -0.25) is 4.79 Å². The van der Waals surface area contributed by atoms with Crippen LogP contribution in [0.2, 0.25) is 0 Å². The summed E-state index contributed by atoms with van der Waals surface area (Å²) in [4.78, 5) is 24.6. The van der Waals surface area contributed by atoms with E-state index in [1.165, 1.54) is 41.3 Å². The summed E-state index contributed by atoms with van der Waals surface area (Å²) in [7, 11) is 0. The molecule has 31 heavy (non-hydrogen) atoms. The van der Waals surface area contributed by atoms with Crippen molar-refractivity contribution >= 4 is 29.0 Å². The maximum atomic E-state index is 14.1. The molecule has 3 N–H and O–H groups in total. The monoisotopic (exact) mass is 417 g/mol. The highest BCUT2D eigenvalue weighted by molar-refractivity contribution is 6.05. The maximum absolute atomic E-state index is 14.1. The number of aromatic nitrogens is 4. The van der Waals surface area contributed by atoms with Gasteiger partial charge < -0.3 is 16.0 Å². The zero-order valence-corrected chi connectivity index (χ0v) is 16.0. The lowest BCUT2D eigenvalue weighted by atomic mass is 10.2. The van der Waals surface area contributed by atoms with Gasteiger partial charge in [0.15, 0.2) is 0 Å². The minimum atomic E-state index is -0.596. The second-order valence-corrected chi connectivity index (χ2v) is 6.40. The molecule has 0 aliphatic heterocycles. The fraction of sp³-hybridized carbons (Fsp3) is 0. The van der Waals surface area contributed by atoms with Crippen LogP contribution in [0.25, 0.3) is 5.69 Å². The summed E-state index contributed by atoms with van der Waals surface area (Å²) in [5.41, 5.74) is 1.92. The third-order valence-electron chi connectivity index (χ3n) is 4.25. The SMILES string of the molecule is O=C(Nc1ccccc1)Nc1ccc(C(=O)Nc2cc(-n3cnnn3)ccc2F)cc1. The summed E-state index contributed by atoms with van der Waals surface area (Å²) < 4.78 is 15.5. The highest BCUT2D eigenvalue weighted by atomic mass is 19.1. The Morgan fingerprint density at radius 2 is 1.55 bits per heavy atom. The molecule has 0 radical (unpaired) electrons. The predicted octanol–water partition coefficient (Wildman–Crippen LogP) is 3.70. The number of para-hydroxylation sites is 1. The fourth-order valence-corrected chi connectivity index (χ4v) is 2.75. The molecule has 0 aliphatic rings. The first kappa shape index (κ1) is 19.7. The van der Waals surface area contributed by atoms with Gasteiger partial charge in [0.05, 0.1) is 11.4 Å². The molecule has 0 saturated heterocycles. The van der Waals surface area contributed by atoms with Crippen LogP contribution in [0.4, 0.5) is 26.2 Å². The summed E-state index contributed by atoms with van der Waals surface area (Å²) in [6, 6.07) is 18.9. The number of hydrogen-bond donors (Lipinski definition) is 3. The van der Waals surface area contributed by atoms with Gasteiger partial charge in [0.1, 0.15) is 12.1 Å². The lowest BCUT2D eigenvalue weighted by Gasteiger charge is -2.10. The number of anilines is 3. The Morgan fingerprint density at radius 1 is 0.839 bits per heavy atom. The molecule has 1 heterocycles. The van der Waals surface area contributed by atoms with Crippen LogP contribution in [0.15, 0.2) is 79.1 Å². The molecule has 3 aromatic carbocycles. The zero-order chi connectivity index (χ0) is 21.6. The molecule has 3 amide bonds. The summed E-state index contributed by atoms with van der Waals surface area (Å²) >= 11 is 0. The molecule has 0 bridgehead atoms. The van der Waals surface area contributed by atoms with E-state index in [4.69, 9.17) is 0 Å². The standard InChI is InChI=1S/C21H16FN7O2/c22-18-11-10-17(29-13-23-27-28-29)12-19(18)26-20(30)14-6-8-16(9-7-14)25-21(31)24-15-4-2-1-3-5-15/h1-13H,(H,26,30)(H2,24,25,31). The Morgan fingerprint density at radius 3 is 2.23 bits per heavy atom. The minimum absolute atomic E-state index is 0.0116. The number of nitrogens with zero attached hydrogens (tertiary/aromatic N) is 4. The zero-order valence-electron chi connectivity index (χ0n) is 16.0. The normalized spacial score (nSPS) is 10.4. The first-order chi connectivity index (χ1) is 15.1. The van der Waals surface area contributed by atoms with Gasteiger partial charge in [-0.25, -0.2) is 13.9 Å². The first-order valence-electron chi connectivity index (χ1n) is 9.16. The van der Waals surface area contributed by atoms with Crippen molar-refractivity contribution in [3.05, 3.63) is 90.5 Å². The van der Waals surface area contributed by atoms with E-state index in [1.54, 1.807) is 24.3 Å². The second kappa shape index (κ2) is 8.82. The summed E-state index contributed by atoms with van der Waals surface area (Å²) in [6.07, 6.45) is 1.36. The quantitative estimate of drug-likeness (QED) is 0.458. The minimum Gasteiger partial charge on any atom is -0.319 e. The number of benzene rings is 3. The third kappa shape index (κ3) is 4.88. The molecule has 1 aromatic heterocycles. The molecule has 4 aromatic rings. The highest BCUT2D eigenvalue weighted by Gasteiger charge is 2.12. The van der Waals surface area contributed by atoms with E-state index >= 15 is 0 Å². The van der Waals surface area contributed by atoms with Gasteiger partial charge in [0.25, 0.3) is 5.91 Å². The van der Waals surface area contributed by atoms with Crippen LogP contribution < -0.4 is 16.0 Å². The number of urea groups is 1. The van der Waals surface area contributed by atoms with Gasteiger partial charge in [0, 0.05) is 16.9 Å². The van der Waals surface area contributed by atoms with Crippen LogP contribution >= 0.6 is 0 Å². The van der Waals surface area contributed by atoms with Crippen molar-refractivity contribution in [2.75, 3.05) is 16.0 Å². The van der Waals surface area contributed by atoms with Crippen LogP contribution in [0, 0.1) is 5.82 Å². The lowest BCUT2D eigenvalue weighted by molar-refractivity contribution is 0.102. The Kier molecular flexibility index (Phi) is 5.61. The van der Waals surface area contributed by atoms with Crippen molar-refractivity contribution in [3.63, 3.8) is 0 Å². The van der Waals surface area contributed by atoms with Crippen molar-refractivity contribution < 1.29 is 14.0 Å². The number of tetrazole rings is 1. The highest BCUT2D eigenvalue weighted by Crippen LogP contribution is 2.20. The third-order valence-corrected chi connectivity index (χ3v) is 4.25. The summed E-state index contributed by atoms with van der Waals surface area (Å²) in [5.74, 6) is -1.10. The van der Waals surface area contributed by atoms with Gasteiger partial charge in [-0.05, 0) is 65.0 Å². The van der Waals surface area contributed by atoms with E-state index < -0.39 is 17.8 Å². The Labute approximate surface area is 175 Å². The molecule has 9 nitrogen and oxygen atoms in total. The number of amides is 3. The number of nitrogens with one attached hydrogen (secondary N) is 3. The molecule has 0 aliphatic carbocycles. The Balaban J connectivity index is 1.41. The Hall–Kier alpha value is -4.60. The molecular weight excluding hydrogens is 401 g/mol. The van der Waals surface area contributed by atoms with E-state index in [9.17, 15) is 14.0 Å². The molecule has 0 spiro atoms. The smallest absolute Gasteiger partial charge is 0.319 e. The van der Waals surface area contributed by atoms with Gasteiger partial charge in [-0.2, -0.15) is 0 Å². The maximum Gasteiger partial charge on any atom is 0.323 e. The largest absolute Gasteiger partial charge is 0.323 e. The van der Waals surface area contributed by atoms with Crippen molar-refractivity contribution in [2.45, 2.75) is 0 Å². The van der Waals surface area contributed by atoms with Crippen molar-refractivity contribution in [2.24, 2.45) is 0 Å². The molecule has 154 valence electrons. The fourth-order valence-electron chi connectivity index (χ4n) is 2.75. The molecule has 0 unspecified atom stereocenters. The van der Waals surface area contributed by atoms with Crippen molar-refractivity contribution in [1.82, 2.24) is 20.2 Å². The molecule has 0 saturated carbocycles. The van der Waals surface area contributed by atoms with E-state index in [0.29, 0.717) is 22.6 Å². The average Bonchev–Trinajstić information content (AvgIpc) is 3.31. The number of hydrogen-bond acceptors (Lipinski definition) is 5. The van der Waals surface area contributed by atoms with Crippen LogP contribution in [-0.2, 0) is 0 Å². The van der Waals surface area contributed by atoms with Gasteiger partial charge in [0.2, 0.25) is 0 Å². The number of carbonyl (C=O) groups is 2. The van der Waals surface area contributed by atoms with Gasteiger partial charge in [-0.1, -0.05) is 18.2 Å². The molecule has 4 rings (SSSR count). The van der Waals surface area contributed by atoms with Gasteiger partial charge in [-0.15, -0.1) is 5.10 Å². The molecule has 0 fully saturated rings. The lowest BCUT2D eigenvalue weighted by Crippen LogP contribution is -2.19. The van der Waals surface area contributed by atoms with Crippen LogP contribution in [-0.4, -0.2) is 32.1 Å². The van der Waals surface area contributed by atoms with Crippen molar-refractivity contribution in [1.29, 1.82) is 0 Å². The molecule has 10 heteroatoms. The second-order valence-electron chi connectivity index (χ2n) is 6.40. The van der Waals surface area contributed by atoms with Crippen LogP contribution in [0.3, 0.4) is 0 Å².